The molecule has 48 valence electrons. The first-order chi connectivity index (χ1) is 3.46. The van der Waals surface area contributed by atoms with Crippen LogP contribution in [0.2, 0.25) is 0 Å². The zero-order valence-electron chi connectivity index (χ0n) is 4.84. The third-order valence-corrected chi connectivity index (χ3v) is 0. The molecule has 10 heavy (non-hydrogen) atoms. The Morgan fingerprint density at radius 1 is 1.00 bits per heavy atom. The van der Waals surface area contributed by atoms with E-state index < -0.39 is 10.2 Å². The van der Waals surface area contributed by atoms with E-state index in [1.54, 1.807) is 0 Å². The third kappa shape index (κ3) is 466. The molecule has 0 amide bonds. The molecule has 0 aromatic heterocycles. The Morgan fingerprint density at radius 2 is 1.00 bits per heavy atom. The van der Waals surface area contributed by atoms with Crippen molar-refractivity contribution in [3.05, 3.63) is 20.2 Å². The SMILES string of the molecule is O=[N+]([O-])O.O=[N+]([O-])O.[Ca+2].[Sr+2]. The molecule has 0 radical (unpaired) electrons. The van der Waals surface area contributed by atoms with Crippen molar-refractivity contribution in [3.63, 3.8) is 0 Å². The second-order valence-corrected chi connectivity index (χ2v) is 0.476. The number of hydrogen-bond donors (Lipinski definition) is 2. The van der Waals surface area contributed by atoms with Crippen LogP contribution in [0.25, 0.3) is 0 Å². The van der Waals surface area contributed by atoms with Crippen molar-refractivity contribution in [2.24, 2.45) is 0 Å². The van der Waals surface area contributed by atoms with E-state index in [1.807, 2.05) is 0 Å². The normalized spacial score (nSPS) is 4.80. The molecule has 0 saturated carbocycles. The van der Waals surface area contributed by atoms with Crippen LogP contribution in [0.3, 0.4) is 0 Å². The Morgan fingerprint density at radius 3 is 1.00 bits per heavy atom. The zero-order chi connectivity index (χ0) is 7.15. The van der Waals surface area contributed by atoms with E-state index in [1.165, 1.54) is 0 Å². The first kappa shape index (κ1) is 22.5. The van der Waals surface area contributed by atoms with Gasteiger partial charge in [0.1, 0.15) is 0 Å². The summed E-state index contributed by atoms with van der Waals surface area (Å²) in [6.07, 6.45) is 0. The van der Waals surface area contributed by atoms with Crippen molar-refractivity contribution >= 4 is 83.2 Å². The summed E-state index contributed by atoms with van der Waals surface area (Å²) < 4.78 is 0. The molecule has 0 aliphatic carbocycles. The second-order valence-electron chi connectivity index (χ2n) is 0.476. The van der Waals surface area contributed by atoms with Gasteiger partial charge in [-0.3, -0.25) is 0 Å². The molecule has 0 heterocycles. The molecule has 8 nitrogen and oxygen atoms in total. The van der Waals surface area contributed by atoms with E-state index in [-0.39, 0.29) is 83.2 Å². The van der Waals surface area contributed by atoms with Gasteiger partial charge in [0.25, 0.3) is 10.2 Å². The molecule has 0 fully saturated rings. The fourth-order valence-corrected chi connectivity index (χ4v) is 0. The quantitative estimate of drug-likeness (QED) is 0.309. The summed E-state index contributed by atoms with van der Waals surface area (Å²) in [6, 6.07) is 0. The van der Waals surface area contributed by atoms with Crippen LogP contribution in [-0.2, 0) is 0 Å². The van der Waals surface area contributed by atoms with Crippen LogP contribution >= 0.6 is 0 Å². The van der Waals surface area contributed by atoms with E-state index in [0.29, 0.717) is 0 Å². The Kier molecular flexibility index (Phi) is 37.3. The second kappa shape index (κ2) is 16.6. The van der Waals surface area contributed by atoms with Gasteiger partial charge in [0, 0.05) is 0 Å². The monoisotopic (exact) mass is 254 g/mol. The van der Waals surface area contributed by atoms with Crippen LogP contribution in [0.5, 0.6) is 0 Å². The van der Waals surface area contributed by atoms with Gasteiger partial charge in [-0.2, -0.15) is 0 Å². The van der Waals surface area contributed by atoms with Crippen LogP contribution < -0.4 is 0 Å². The summed E-state index contributed by atoms with van der Waals surface area (Å²) in [5, 5.41) is 27.3. The van der Waals surface area contributed by atoms with Gasteiger partial charge in [-0.25, -0.2) is 0 Å². The Bertz CT molecular complexity index is 73.7. The molecule has 0 aromatic carbocycles. The molecule has 0 aromatic rings. The van der Waals surface area contributed by atoms with Crippen molar-refractivity contribution in [1.82, 2.24) is 0 Å². The molecule has 10 heteroatoms. The third-order valence-electron chi connectivity index (χ3n) is 0. The molecule has 0 atom stereocenters. The van der Waals surface area contributed by atoms with Crippen molar-refractivity contribution in [3.8, 4) is 0 Å². The van der Waals surface area contributed by atoms with Gasteiger partial charge in [0.05, 0.1) is 0 Å². The van der Waals surface area contributed by atoms with Gasteiger partial charge in [0.2, 0.25) is 0 Å². The van der Waals surface area contributed by atoms with Crippen LogP contribution in [0.1, 0.15) is 0 Å². The van der Waals surface area contributed by atoms with Crippen LogP contribution in [0, 0.1) is 20.2 Å². The average Bonchev–Trinajstić information content (AvgIpc) is 1.25. The first-order valence-corrected chi connectivity index (χ1v) is 1.13. The minimum Gasteiger partial charge on any atom is -0.328 e. The number of rotatable bonds is 0. The van der Waals surface area contributed by atoms with E-state index in [2.05, 4.69) is 0 Å². The van der Waals surface area contributed by atoms with Gasteiger partial charge in [-0.05, 0) is 0 Å². The van der Waals surface area contributed by atoms with Crippen molar-refractivity contribution in [2.45, 2.75) is 0 Å². The number of hydrogen-bond acceptors (Lipinski definition) is 4. The molecule has 0 unspecified atom stereocenters. The fourth-order valence-electron chi connectivity index (χ4n) is 0. The number of nitrogens with zero attached hydrogens (tertiary/aromatic N) is 2. The predicted octanol–water partition coefficient (Wildman–Crippen LogP) is -1.46. The van der Waals surface area contributed by atoms with Crippen LogP contribution in [0.4, 0.5) is 0 Å². The summed E-state index contributed by atoms with van der Waals surface area (Å²) in [5.41, 5.74) is 0. The summed E-state index contributed by atoms with van der Waals surface area (Å²) >= 11 is 0. The maximum Gasteiger partial charge on any atom is 2.00 e. The van der Waals surface area contributed by atoms with Crippen LogP contribution in [0.15, 0.2) is 0 Å². The fraction of sp³-hybridized carbons (Fsp3) is 0. The maximum absolute atomic E-state index is 8.36. The molecule has 0 aliphatic heterocycles. The molecular formula is H2CaN2O6Sr+4. The Balaban J connectivity index is -0.0000000300. The Labute approximate surface area is 122 Å². The van der Waals surface area contributed by atoms with Crippen molar-refractivity contribution in [2.75, 3.05) is 0 Å². The van der Waals surface area contributed by atoms with Crippen molar-refractivity contribution in [1.29, 1.82) is 0 Å². The smallest absolute Gasteiger partial charge is 0.328 e. The maximum atomic E-state index is 8.36. The van der Waals surface area contributed by atoms with E-state index in [4.69, 9.17) is 30.6 Å². The predicted molar refractivity (Wildman–Crippen MR) is 29.1 cm³/mol. The minimum atomic E-state index is -1.50. The average molecular weight is 254 g/mol. The Hall–Kier alpha value is 1.14. The van der Waals surface area contributed by atoms with E-state index in [9.17, 15) is 0 Å². The minimum absolute atomic E-state index is 0. The summed E-state index contributed by atoms with van der Waals surface area (Å²) in [6.45, 7) is 0. The summed E-state index contributed by atoms with van der Waals surface area (Å²) in [7, 11) is 0. The molecule has 0 aliphatic rings. The van der Waals surface area contributed by atoms with Gasteiger partial charge in [0.15, 0.2) is 0 Å². The van der Waals surface area contributed by atoms with E-state index in [0.717, 1.165) is 0 Å². The van der Waals surface area contributed by atoms with Gasteiger partial charge < -0.3 is 10.4 Å². The van der Waals surface area contributed by atoms with Crippen molar-refractivity contribution < 1.29 is 20.6 Å². The topological polar surface area (TPSA) is 127 Å². The summed E-state index contributed by atoms with van der Waals surface area (Å²) in [5.74, 6) is 0. The van der Waals surface area contributed by atoms with Crippen LogP contribution in [-0.4, -0.2) is 104 Å². The summed E-state index contributed by atoms with van der Waals surface area (Å²) in [4.78, 5) is 16.7. The molecule has 0 rings (SSSR count). The van der Waals surface area contributed by atoms with Gasteiger partial charge >= 0.3 is 83.2 Å². The van der Waals surface area contributed by atoms with E-state index >= 15 is 0 Å². The molecule has 0 spiro atoms. The molecule has 0 saturated heterocycles. The molecule has 0 bridgehead atoms. The van der Waals surface area contributed by atoms with Gasteiger partial charge in [-0.15, -0.1) is 20.2 Å². The zero-order valence-corrected chi connectivity index (χ0v) is 10.5. The first-order valence-electron chi connectivity index (χ1n) is 1.13. The standard InChI is InChI=1S/Ca.2HNO3.Sr/c;2*2-1(3)4;/h;2*(H,2,3,4);/q+2;;;+2. The van der Waals surface area contributed by atoms with Gasteiger partial charge in [-0.1, -0.05) is 0 Å². The largest absolute Gasteiger partial charge is 2.00 e. The molecular weight excluding hydrogens is 252 g/mol. The molecule has 2 N–H and O–H groups in total.